The fourth-order valence-electron chi connectivity index (χ4n) is 0.600. The summed E-state index contributed by atoms with van der Waals surface area (Å²) >= 11 is 0. The summed E-state index contributed by atoms with van der Waals surface area (Å²) in [6.07, 6.45) is 0. The molecule has 1 atom stereocenters. The van der Waals surface area contributed by atoms with Crippen LogP contribution in [0.4, 0.5) is 0 Å². The highest BCUT2D eigenvalue weighted by Crippen LogP contribution is 2.19. The van der Waals surface area contributed by atoms with Crippen molar-refractivity contribution in [2.45, 2.75) is 12.5 Å². The maximum absolute atomic E-state index is 10.8. The maximum atomic E-state index is 10.8. The van der Waals surface area contributed by atoms with Crippen molar-refractivity contribution < 1.29 is 21.9 Å². The van der Waals surface area contributed by atoms with Crippen molar-refractivity contribution in [1.82, 2.24) is 0 Å². The highest BCUT2D eigenvalue weighted by molar-refractivity contribution is 5.78. The predicted octanol–water partition coefficient (Wildman–Crippen LogP) is 0.979. The van der Waals surface area contributed by atoms with Gasteiger partial charge in [-0.1, -0.05) is 30.2 Å². The number of aliphatic hydroxyl groups is 1. The summed E-state index contributed by atoms with van der Waals surface area (Å²) in [4.78, 5) is 10.8. The monoisotopic (exact) mass is 171 g/mol. The van der Waals surface area contributed by atoms with Gasteiger partial charge in [0.15, 0.2) is 5.60 Å². The topological polar surface area (TPSA) is 57.5 Å². The molecular weight excluding hydrogens is 156 g/mol. The Kier molecular flexibility index (Phi) is 0.995. The molecule has 0 fully saturated rings. The molecule has 0 spiro atoms. The van der Waals surface area contributed by atoms with Gasteiger partial charge in [-0.2, -0.15) is 0 Å². The molecular formula is C9H10O3. The van der Waals surface area contributed by atoms with Gasteiger partial charge in [-0.15, -0.1) is 0 Å². The van der Waals surface area contributed by atoms with Gasteiger partial charge in [0, 0.05) is 0 Å². The zero-order valence-corrected chi connectivity index (χ0v) is 6.30. The molecule has 1 rings (SSSR count). The first kappa shape index (κ1) is 4.05. The molecule has 0 amide bonds. The van der Waals surface area contributed by atoms with Crippen LogP contribution in [-0.4, -0.2) is 16.2 Å². The molecule has 0 aliphatic carbocycles. The van der Waals surface area contributed by atoms with Gasteiger partial charge in [0.2, 0.25) is 0 Å². The van der Waals surface area contributed by atoms with Gasteiger partial charge in [0.25, 0.3) is 0 Å². The number of carbonyl (C=O) groups is 1. The number of carboxylic acids is 1. The Labute approximate surface area is 77.3 Å². The van der Waals surface area contributed by atoms with E-state index in [9.17, 15) is 9.90 Å². The van der Waals surface area contributed by atoms with Crippen molar-refractivity contribution in [3.8, 4) is 0 Å². The minimum Gasteiger partial charge on any atom is -0.479 e. The van der Waals surface area contributed by atoms with Crippen LogP contribution in [0.3, 0.4) is 0 Å². The molecule has 64 valence electrons. The van der Waals surface area contributed by atoms with Crippen molar-refractivity contribution in [3.63, 3.8) is 0 Å². The third-order valence-corrected chi connectivity index (χ3v) is 1.40. The van der Waals surface area contributed by atoms with Gasteiger partial charge in [-0.05, 0) is 12.5 Å². The normalized spacial score (nSPS) is 21.0. The first-order valence-electron chi connectivity index (χ1n) is 5.65. The van der Waals surface area contributed by atoms with Crippen LogP contribution < -0.4 is 0 Å². The fourth-order valence-corrected chi connectivity index (χ4v) is 0.600. The second-order valence-electron chi connectivity index (χ2n) is 2.38. The average molecular weight is 171 g/mol. The van der Waals surface area contributed by atoms with E-state index in [1.807, 2.05) is 0 Å². The Morgan fingerprint density at radius 3 is 2.42 bits per heavy atom. The summed E-state index contributed by atoms with van der Waals surface area (Å²) in [5, 5.41) is 18.5. The molecule has 3 nitrogen and oxygen atoms in total. The molecule has 1 aromatic carbocycles. The SMILES string of the molecule is [2H]c1c([2H])c([2H])c(C(C)(O)C(=O)O)c([2H])c1[2H]. The number of benzene rings is 1. The summed E-state index contributed by atoms with van der Waals surface area (Å²) < 4.78 is 37.0. The Balaban J connectivity index is 3.72. The molecule has 0 saturated carbocycles. The number of carboxylic acid groups (broad SMARTS) is 1. The predicted molar refractivity (Wildman–Crippen MR) is 43.6 cm³/mol. The zero-order chi connectivity index (χ0) is 13.5. The smallest absolute Gasteiger partial charge is 0.340 e. The Morgan fingerprint density at radius 2 is 2.00 bits per heavy atom. The third-order valence-electron chi connectivity index (χ3n) is 1.40. The minimum atomic E-state index is -2.53. The standard InChI is InChI=1S/C9H10O3/c1-9(12,8(10)11)7-5-3-2-4-6-7/h2-6,12H,1H3,(H,10,11)/i2D,3D,4D,5D,6D. The second-order valence-corrected chi connectivity index (χ2v) is 2.38. The third kappa shape index (κ3) is 1.46. The van der Waals surface area contributed by atoms with E-state index >= 15 is 0 Å². The summed E-state index contributed by atoms with van der Waals surface area (Å²) in [5.41, 5.74) is -3.18. The van der Waals surface area contributed by atoms with E-state index < -0.39 is 47.3 Å². The first-order chi connectivity index (χ1) is 7.62. The van der Waals surface area contributed by atoms with E-state index in [1.54, 1.807) is 0 Å². The fraction of sp³-hybridized carbons (Fsp3) is 0.222. The molecule has 3 heteroatoms. The lowest BCUT2D eigenvalue weighted by atomic mass is 9.97. The molecule has 0 aliphatic rings. The largest absolute Gasteiger partial charge is 0.479 e. The van der Waals surface area contributed by atoms with Gasteiger partial charge >= 0.3 is 5.97 Å². The van der Waals surface area contributed by atoms with Gasteiger partial charge < -0.3 is 10.2 Å². The lowest BCUT2D eigenvalue weighted by Crippen LogP contribution is -2.31. The Morgan fingerprint density at radius 1 is 1.50 bits per heavy atom. The highest BCUT2D eigenvalue weighted by Gasteiger charge is 2.31. The first-order valence-corrected chi connectivity index (χ1v) is 3.15. The van der Waals surface area contributed by atoms with Crippen LogP contribution >= 0.6 is 0 Å². The van der Waals surface area contributed by atoms with Crippen molar-refractivity contribution in [2.24, 2.45) is 0 Å². The van der Waals surface area contributed by atoms with Gasteiger partial charge in [-0.3, -0.25) is 0 Å². The molecule has 0 radical (unpaired) electrons. The summed E-state index contributed by atoms with van der Waals surface area (Å²) in [6.45, 7) is 0.864. The van der Waals surface area contributed by atoms with E-state index in [2.05, 4.69) is 0 Å². The van der Waals surface area contributed by atoms with Gasteiger partial charge in [0.05, 0.1) is 6.85 Å². The lowest BCUT2D eigenvalue weighted by Gasteiger charge is -2.17. The second kappa shape index (κ2) is 2.95. The van der Waals surface area contributed by atoms with Crippen LogP contribution in [0.15, 0.2) is 30.2 Å². The minimum absolute atomic E-state index is 0.634. The molecule has 0 bridgehead atoms. The highest BCUT2D eigenvalue weighted by atomic mass is 16.4. The number of hydrogen-bond acceptors (Lipinski definition) is 2. The van der Waals surface area contributed by atoms with Gasteiger partial charge in [0.1, 0.15) is 0 Å². The van der Waals surface area contributed by atoms with Crippen LogP contribution in [0.5, 0.6) is 0 Å². The van der Waals surface area contributed by atoms with Crippen molar-refractivity contribution in [2.75, 3.05) is 0 Å². The molecule has 2 N–H and O–H groups in total. The molecule has 0 saturated heterocycles. The van der Waals surface area contributed by atoms with Crippen LogP contribution in [0.1, 0.15) is 19.3 Å². The number of rotatable bonds is 2. The summed E-state index contributed by atoms with van der Waals surface area (Å²) in [6, 6.07) is -3.43. The van der Waals surface area contributed by atoms with Crippen molar-refractivity contribution in [3.05, 3.63) is 35.8 Å². The van der Waals surface area contributed by atoms with Crippen LogP contribution in [0, 0.1) is 0 Å². The number of aliphatic carboxylic acids is 1. The van der Waals surface area contributed by atoms with E-state index in [0.29, 0.717) is 0 Å². The van der Waals surface area contributed by atoms with E-state index in [4.69, 9.17) is 12.0 Å². The Hall–Kier alpha value is -1.35. The van der Waals surface area contributed by atoms with Crippen LogP contribution in [0.2, 0.25) is 0 Å². The van der Waals surface area contributed by atoms with Crippen LogP contribution in [0.25, 0.3) is 0 Å². The van der Waals surface area contributed by atoms with Crippen molar-refractivity contribution in [1.29, 1.82) is 0 Å². The van der Waals surface area contributed by atoms with Crippen LogP contribution in [-0.2, 0) is 10.4 Å². The quantitative estimate of drug-likeness (QED) is 0.697. The zero-order valence-electron chi connectivity index (χ0n) is 11.3. The van der Waals surface area contributed by atoms with E-state index in [0.717, 1.165) is 6.92 Å². The lowest BCUT2D eigenvalue weighted by molar-refractivity contribution is -0.157. The molecule has 1 aromatic rings. The number of hydrogen-bond donors (Lipinski definition) is 2. The summed E-state index contributed by atoms with van der Waals surface area (Å²) in [5.74, 6) is -1.68. The Bertz CT molecular complexity index is 469. The molecule has 12 heavy (non-hydrogen) atoms. The maximum Gasteiger partial charge on any atom is 0.340 e. The summed E-state index contributed by atoms with van der Waals surface area (Å²) in [7, 11) is 0. The molecule has 1 unspecified atom stereocenters. The van der Waals surface area contributed by atoms with E-state index in [1.165, 1.54) is 0 Å². The molecule has 0 aliphatic heterocycles. The van der Waals surface area contributed by atoms with Crippen molar-refractivity contribution >= 4 is 5.97 Å². The average Bonchev–Trinajstić information content (AvgIpc) is 2.23. The van der Waals surface area contributed by atoms with E-state index in [-0.39, 0.29) is 0 Å². The van der Waals surface area contributed by atoms with Gasteiger partial charge in [-0.25, -0.2) is 4.79 Å². The molecule has 0 heterocycles. The molecule has 0 aromatic heterocycles.